The SMILES string of the molecule is CC(=O)NC(CS)C(=O)Nc1ccc2c(c1)CCC2. The zero-order valence-corrected chi connectivity index (χ0v) is 11.8. The summed E-state index contributed by atoms with van der Waals surface area (Å²) in [5, 5.41) is 5.40. The van der Waals surface area contributed by atoms with Crippen molar-refractivity contribution >= 4 is 30.1 Å². The molecule has 0 saturated heterocycles. The van der Waals surface area contributed by atoms with Gasteiger partial charge in [-0.05, 0) is 42.5 Å². The number of rotatable bonds is 4. The van der Waals surface area contributed by atoms with Gasteiger partial charge in [0, 0.05) is 18.4 Å². The van der Waals surface area contributed by atoms with Gasteiger partial charge in [-0.25, -0.2) is 0 Å². The molecule has 0 spiro atoms. The molecule has 0 aliphatic heterocycles. The van der Waals surface area contributed by atoms with E-state index in [1.165, 1.54) is 24.5 Å². The van der Waals surface area contributed by atoms with Crippen LogP contribution >= 0.6 is 12.6 Å². The van der Waals surface area contributed by atoms with Gasteiger partial charge < -0.3 is 10.6 Å². The smallest absolute Gasteiger partial charge is 0.247 e. The van der Waals surface area contributed by atoms with Crippen molar-refractivity contribution in [3.63, 3.8) is 0 Å². The molecule has 0 saturated carbocycles. The van der Waals surface area contributed by atoms with Gasteiger partial charge >= 0.3 is 0 Å². The minimum atomic E-state index is -0.603. The van der Waals surface area contributed by atoms with Crippen LogP contribution in [-0.2, 0) is 22.4 Å². The normalized spacial score (nSPS) is 14.6. The molecule has 19 heavy (non-hydrogen) atoms. The molecule has 1 aromatic rings. The Morgan fingerprint density at radius 1 is 1.32 bits per heavy atom. The van der Waals surface area contributed by atoms with Crippen molar-refractivity contribution < 1.29 is 9.59 Å². The Kier molecular flexibility index (Phi) is 4.47. The molecular weight excluding hydrogens is 260 g/mol. The number of hydrogen-bond acceptors (Lipinski definition) is 3. The number of anilines is 1. The van der Waals surface area contributed by atoms with Crippen molar-refractivity contribution in [2.45, 2.75) is 32.2 Å². The molecule has 1 atom stereocenters. The number of nitrogens with one attached hydrogen (secondary N) is 2. The van der Waals surface area contributed by atoms with Gasteiger partial charge in [-0.15, -0.1) is 0 Å². The fraction of sp³-hybridized carbons (Fsp3) is 0.429. The highest BCUT2D eigenvalue weighted by Gasteiger charge is 2.18. The third kappa shape index (κ3) is 3.50. The van der Waals surface area contributed by atoms with Crippen molar-refractivity contribution in [1.29, 1.82) is 0 Å². The first-order valence-electron chi connectivity index (χ1n) is 6.41. The number of fused-ring (bicyclic) bond motifs is 1. The van der Waals surface area contributed by atoms with E-state index < -0.39 is 6.04 Å². The summed E-state index contributed by atoms with van der Waals surface area (Å²) >= 11 is 4.09. The van der Waals surface area contributed by atoms with Gasteiger partial charge in [0.25, 0.3) is 0 Å². The summed E-state index contributed by atoms with van der Waals surface area (Å²) in [6, 6.07) is 5.38. The first-order valence-corrected chi connectivity index (χ1v) is 7.04. The van der Waals surface area contributed by atoms with Crippen LogP contribution in [0.3, 0.4) is 0 Å². The number of carbonyl (C=O) groups is 2. The van der Waals surface area contributed by atoms with Crippen molar-refractivity contribution in [2.75, 3.05) is 11.1 Å². The summed E-state index contributed by atoms with van der Waals surface area (Å²) in [6.45, 7) is 1.39. The highest BCUT2D eigenvalue weighted by molar-refractivity contribution is 7.80. The van der Waals surface area contributed by atoms with Gasteiger partial charge in [-0.2, -0.15) is 12.6 Å². The molecule has 0 heterocycles. The van der Waals surface area contributed by atoms with Crippen LogP contribution in [-0.4, -0.2) is 23.6 Å². The first kappa shape index (κ1) is 13.9. The largest absolute Gasteiger partial charge is 0.344 e. The van der Waals surface area contributed by atoms with E-state index in [0.29, 0.717) is 0 Å². The third-order valence-corrected chi connectivity index (χ3v) is 3.61. The van der Waals surface area contributed by atoms with E-state index in [4.69, 9.17) is 0 Å². The molecular formula is C14H18N2O2S. The minimum absolute atomic E-state index is 0.233. The summed E-state index contributed by atoms with van der Waals surface area (Å²) in [6.07, 6.45) is 3.37. The molecule has 0 fully saturated rings. The van der Waals surface area contributed by atoms with Gasteiger partial charge in [0.15, 0.2) is 0 Å². The third-order valence-electron chi connectivity index (χ3n) is 3.24. The molecule has 1 unspecified atom stereocenters. The van der Waals surface area contributed by atoms with E-state index in [-0.39, 0.29) is 17.6 Å². The van der Waals surface area contributed by atoms with E-state index in [1.54, 1.807) is 0 Å². The number of carbonyl (C=O) groups excluding carboxylic acids is 2. The average molecular weight is 278 g/mol. The van der Waals surface area contributed by atoms with Crippen LogP contribution in [0.5, 0.6) is 0 Å². The minimum Gasteiger partial charge on any atom is -0.344 e. The van der Waals surface area contributed by atoms with E-state index in [2.05, 4.69) is 29.3 Å². The van der Waals surface area contributed by atoms with Crippen molar-refractivity contribution in [3.8, 4) is 0 Å². The molecule has 2 N–H and O–H groups in total. The molecule has 1 aliphatic rings. The second kappa shape index (κ2) is 6.10. The molecule has 2 rings (SSSR count). The number of benzene rings is 1. The summed E-state index contributed by atoms with van der Waals surface area (Å²) < 4.78 is 0. The van der Waals surface area contributed by atoms with Crippen LogP contribution in [0, 0.1) is 0 Å². The topological polar surface area (TPSA) is 58.2 Å². The maximum Gasteiger partial charge on any atom is 0.247 e. The van der Waals surface area contributed by atoms with Gasteiger partial charge in [0.05, 0.1) is 0 Å². The van der Waals surface area contributed by atoms with Crippen LogP contribution in [0.15, 0.2) is 18.2 Å². The Labute approximate surface area is 118 Å². The lowest BCUT2D eigenvalue weighted by molar-refractivity contribution is -0.124. The second-order valence-corrected chi connectivity index (χ2v) is 5.13. The Morgan fingerprint density at radius 2 is 2.05 bits per heavy atom. The Hall–Kier alpha value is -1.49. The zero-order valence-electron chi connectivity index (χ0n) is 10.9. The number of aryl methyl sites for hydroxylation is 2. The van der Waals surface area contributed by atoms with Gasteiger partial charge in [0.1, 0.15) is 6.04 Å². The van der Waals surface area contributed by atoms with Crippen LogP contribution in [0.25, 0.3) is 0 Å². The molecule has 5 heteroatoms. The number of amides is 2. The Bertz CT molecular complexity index is 502. The molecule has 0 bridgehead atoms. The van der Waals surface area contributed by atoms with Gasteiger partial charge in [-0.3, -0.25) is 9.59 Å². The number of thiol groups is 1. The number of hydrogen-bond donors (Lipinski definition) is 3. The lowest BCUT2D eigenvalue weighted by Gasteiger charge is -2.15. The Balaban J connectivity index is 2.03. The summed E-state index contributed by atoms with van der Waals surface area (Å²) in [7, 11) is 0. The van der Waals surface area contributed by atoms with E-state index in [1.807, 2.05) is 12.1 Å². The van der Waals surface area contributed by atoms with E-state index >= 15 is 0 Å². The maximum absolute atomic E-state index is 12.0. The fourth-order valence-corrected chi connectivity index (χ4v) is 2.58. The summed E-state index contributed by atoms with van der Waals surface area (Å²) in [4.78, 5) is 23.0. The highest BCUT2D eigenvalue weighted by Crippen LogP contribution is 2.24. The van der Waals surface area contributed by atoms with E-state index in [0.717, 1.165) is 18.5 Å². The monoisotopic (exact) mass is 278 g/mol. The van der Waals surface area contributed by atoms with Crippen LogP contribution < -0.4 is 10.6 Å². The first-order chi connectivity index (χ1) is 9.10. The van der Waals surface area contributed by atoms with Crippen LogP contribution in [0.1, 0.15) is 24.5 Å². The summed E-state index contributed by atoms with van der Waals surface area (Å²) in [5.74, 6) is -0.192. The average Bonchev–Trinajstić information content (AvgIpc) is 2.82. The molecule has 0 aromatic heterocycles. The predicted molar refractivity (Wildman–Crippen MR) is 78.6 cm³/mol. The van der Waals surface area contributed by atoms with Crippen molar-refractivity contribution in [1.82, 2.24) is 5.32 Å². The van der Waals surface area contributed by atoms with Gasteiger partial charge in [0.2, 0.25) is 11.8 Å². The molecule has 1 aliphatic carbocycles. The summed E-state index contributed by atoms with van der Waals surface area (Å²) in [5.41, 5.74) is 3.45. The van der Waals surface area contributed by atoms with Crippen LogP contribution in [0.2, 0.25) is 0 Å². The van der Waals surface area contributed by atoms with Crippen LogP contribution in [0.4, 0.5) is 5.69 Å². The molecule has 2 amide bonds. The maximum atomic E-state index is 12.0. The lowest BCUT2D eigenvalue weighted by Crippen LogP contribution is -2.44. The molecule has 1 aromatic carbocycles. The standard InChI is InChI=1S/C14H18N2O2S/c1-9(17)15-13(8-19)14(18)16-12-6-5-10-3-2-4-11(10)7-12/h5-7,13,19H,2-4,8H2,1H3,(H,15,17)(H,16,18). The van der Waals surface area contributed by atoms with Gasteiger partial charge in [-0.1, -0.05) is 6.07 Å². The zero-order chi connectivity index (χ0) is 13.8. The quantitative estimate of drug-likeness (QED) is 0.732. The second-order valence-electron chi connectivity index (χ2n) is 4.76. The van der Waals surface area contributed by atoms with E-state index in [9.17, 15) is 9.59 Å². The highest BCUT2D eigenvalue weighted by atomic mass is 32.1. The molecule has 4 nitrogen and oxygen atoms in total. The fourth-order valence-electron chi connectivity index (χ4n) is 2.32. The molecule has 102 valence electrons. The lowest BCUT2D eigenvalue weighted by atomic mass is 10.1. The predicted octanol–water partition coefficient (Wildman–Crippen LogP) is 1.55. The molecule has 0 radical (unpaired) electrons. The van der Waals surface area contributed by atoms with Crippen molar-refractivity contribution in [3.05, 3.63) is 29.3 Å². The van der Waals surface area contributed by atoms with Crippen molar-refractivity contribution in [2.24, 2.45) is 0 Å². The Morgan fingerprint density at radius 3 is 2.74 bits per heavy atom.